The fraction of sp³-hybridized carbons (Fsp3) is 0.269. The monoisotopic (exact) mass is 430 g/mol. The van der Waals surface area contributed by atoms with Gasteiger partial charge in [0.15, 0.2) is 11.5 Å². The minimum atomic E-state index is -0.366. The molecule has 0 aromatic heterocycles. The van der Waals surface area contributed by atoms with Gasteiger partial charge in [0.2, 0.25) is 6.23 Å². The molecule has 0 unspecified atom stereocenters. The zero-order chi connectivity index (χ0) is 22.1. The van der Waals surface area contributed by atoms with Crippen molar-refractivity contribution in [2.24, 2.45) is 5.10 Å². The topological polar surface area (TPSA) is 52.5 Å². The molecule has 2 heterocycles. The second-order valence-corrected chi connectivity index (χ2v) is 7.73. The molecular weight excluding hydrogens is 404 g/mol. The molecule has 0 radical (unpaired) electrons. The zero-order valence-electron chi connectivity index (χ0n) is 18.4. The maximum atomic E-state index is 6.51. The van der Waals surface area contributed by atoms with Gasteiger partial charge in [-0.1, -0.05) is 12.1 Å². The van der Waals surface area contributed by atoms with Crippen LogP contribution in [-0.2, 0) is 0 Å². The number of para-hydroxylation sites is 1. The molecule has 2 aliphatic heterocycles. The smallest absolute Gasteiger partial charge is 0.214 e. The lowest BCUT2D eigenvalue weighted by molar-refractivity contribution is -0.0209. The van der Waals surface area contributed by atoms with Crippen LogP contribution >= 0.6 is 0 Å². The number of benzene rings is 3. The molecule has 0 spiro atoms. The number of fused-ring (bicyclic) bond motifs is 3. The summed E-state index contributed by atoms with van der Waals surface area (Å²) >= 11 is 0. The van der Waals surface area contributed by atoms with Crippen molar-refractivity contribution in [3.63, 3.8) is 0 Å². The Morgan fingerprint density at radius 1 is 0.938 bits per heavy atom. The average Bonchev–Trinajstić information content (AvgIpc) is 3.30. The number of rotatable bonds is 6. The Hall–Kier alpha value is -3.67. The summed E-state index contributed by atoms with van der Waals surface area (Å²) in [7, 11) is 3.34. The van der Waals surface area contributed by atoms with Crippen LogP contribution in [0.3, 0.4) is 0 Å². The minimum Gasteiger partial charge on any atom is -0.497 e. The third-order valence-corrected chi connectivity index (χ3v) is 5.90. The number of hydrazone groups is 1. The summed E-state index contributed by atoms with van der Waals surface area (Å²) < 4.78 is 23.0. The molecule has 0 fully saturated rings. The standard InChI is InChI=1S/C26H26N2O4/c1-4-31-20-14-10-18(11-15-20)26-28-23(21-6-5-7-24(30-3)25(21)32-26)16-22(27-28)17-8-12-19(29-2)13-9-17/h5-15,23,26H,4,16H2,1-3H3/t23-,26-/m0/s1. The molecule has 0 amide bonds. The van der Waals surface area contributed by atoms with Gasteiger partial charge in [-0.25, -0.2) is 5.01 Å². The van der Waals surface area contributed by atoms with Crippen LogP contribution in [0.5, 0.6) is 23.0 Å². The minimum absolute atomic E-state index is 0.0579. The first-order chi connectivity index (χ1) is 15.7. The predicted octanol–water partition coefficient (Wildman–Crippen LogP) is 5.34. The second-order valence-electron chi connectivity index (χ2n) is 7.73. The normalized spacial score (nSPS) is 18.8. The quantitative estimate of drug-likeness (QED) is 0.528. The molecule has 0 saturated heterocycles. The third kappa shape index (κ3) is 3.51. The predicted molar refractivity (Wildman–Crippen MR) is 123 cm³/mol. The number of ether oxygens (including phenoxy) is 4. The van der Waals surface area contributed by atoms with Crippen LogP contribution < -0.4 is 18.9 Å². The molecule has 6 heteroatoms. The Morgan fingerprint density at radius 3 is 2.38 bits per heavy atom. The van der Waals surface area contributed by atoms with E-state index in [1.54, 1.807) is 14.2 Å². The van der Waals surface area contributed by atoms with E-state index in [1.807, 2.05) is 55.5 Å². The highest BCUT2D eigenvalue weighted by atomic mass is 16.5. The van der Waals surface area contributed by atoms with E-state index < -0.39 is 0 Å². The van der Waals surface area contributed by atoms with E-state index in [0.717, 1.165) is 51.8 Å². The molecule has 2 aliphatic rings. The fourth-order valence-electron chi connectivity index (χ4n) is 4.32. The number of methoxy groups -OCH3 is 2. The van der Waals surface area contributed by atoms with E-state index in [2.05, 4.69) is 23.2 Å². The first-order valence-corrected chi connectivity index (χ1v) is 10.8. The molecule has 0 saturated carbocycles. The van der Waals surface area contributed by atoms with Crippen LogP contribution in [0.15, 0.2) is 71.8 Å². The van der Waals surface area contributed by atoms with Crippen LogP contribution in [0, 0.1) is 0 Å². The van der Waals surface area contributed by atoms with Gasteiger partial charge in [-0.15, -0.1) is 0 Å². The lowest BCUT2D eigenvalue weighted by Crippen LogP contribution is -2.33. The summed E-state index contributed by atoms with van der Waals surface area (Å²) in [6.45, 7) is 2.61. The van der Waals surface area contributed by atoms with Gasteiger partial charge in [0.25, 0.3) is 0 Å². The molecule has 6 nitrogen and oxygen atoms in total. The summed E-state index contributed by atoms with van der Waals surface area (Å²) in [5.74, 6) is 3.18. The van der Waals surface area contributed by atoms with Gasteiger partial charge >= 0.3 is 0 Å². The van der Waals surface area contributed by atoms with Crippen molar-refractivity contribution < 1.29 is 18.9 Å². The highest BCUT2D eigenvalue weighted by molar-refractivity contribution is 6.02. The molecule has 0 bridgehead atoms. The first kappa shape index (κ1) is 20.2. The van der Waals surface area contributed by atoms with Crippen molar-refractivity contribution in [1.82, 2.24) is 5.01 Å². The van der Waals surface area contributed by atoms with Gasteiger partial charge in [-0.3, -0.25) is 0 Å². The van der Waals surface area contributed by atoms with Gasteiger partial charge in [-0.05, 0) is 67.1 Å². The Bertz CT molecular complexity index is 1130. The molecule has 2 atom stereocenters. The Kier molecular flexibility index (Phi) is 5.35. The third-order valence-electron chi connectivity index (χ3n) is 5.90. The zero-order valence-corrected chi connectivity index (χ0v) is 18.4. The van der Waals surface area contributed by atoms with E-state index in [9.17, 15) is 0 Å². The summed E-state index contributed by atoms with van der Waals surface area (Å²) in [6.07, 6.45) is 0.416. The van der Waals surface area contributed by atoms with Gasteiger partial charge in [0, 0.05) is 17.5 Å². The lowest BCUT2D eigenvalue weighted by atomic mass is 9.95. The maximum absolute atomic E-state index is 6.51. The van der Waals surface area contributed by atoms with E-state index in [-0.39, 0.29) is 12.3 Å². The molecule has 164 valence electrons. The molecule has 3 aromatic rings. The molecule has 3 aromatic carbocycles. The van der Waals surface area contributed by atoms with Crippen LogP contribution in [0.2, 0.25) is 0 Å². The fourth-order valence-corrected chi connectivity index (χ4v) is 4.32. The maximum Gasteiger partial charge on any atom is 0.214 e. The van der Waals surface area contributed by atoms with Crippen LogP contribution in [0.1, 0.15) is 42.3 Å². The van der Waals surface area contributed by atoms with E-state index in [1.165, 1.54) is 0 Å². The summed E-state index contributed by atoms with van der Waals surface area (Å²) in [5.41, 5.74) is 4.19. The Balaban J connectivity index is 1.55. The summed E-state index contributed by atoms with van der Waals surface area (Å²) in [5, 5.41) is 7.09. The van der Waals surface area contributed by atoms with Gasteiger partial charge in [-0.2, -0.15) is 5.10 Å². The number of hydrogen-bond donors (Lipinski definition) is 0. The molecular formula is C26H26N2O4. The van der Waals surface area contributed by atoms with Gasteiger partial charge in [0.05, 0.1) is 32.6 Å². The molecule has 0 N–H and O–H groups in total. The Morgan fingerprint density at radius 2 is 1.69 bits per heavy atom. The van der Waals surface area contributed by atoms with E-state index in [4.69, 9.17) is 24.0 Å². The molecule has 0 aliphatic carbocycles. The Labute approximate surface area is 188 Å². The summed E-state index contributed by atoms with van der Waals surface area (Å²) in [4.78, 5) is 0. The van der Waals surface area contributed by atoms with Gasteiger partial charge in [0.1, 0.15) is 11.5 Å². The van der Waals surface area contributed by atoms with E-state index >= 15 is 0 Å². The summed E-state index contributed by atoms with van der Waals surface area (Å²) in [6, 6.07) is 22.1. The second kappa shape index (κ2) is 8.46. The highest BCUT2D eigenvalue weighted by Gasteiger charge is 2.42. The van der Waals surface area contributed by atoms with Crippen LogP contribution in [0.4, 0.5) is 0 Å². The van der Waals surface area contributed by atoms with Crippen molar-refractivity contribution in [3.05, 3.63) is 83.4 Å². The highest BCUT2D eigenvalue weighted by Crippen LogP contribution is 2.50. The van der Waals surface area contributed by atoms with Crippen LogP contribution in [0.25, 0.3) is 0 Å². The molecule has 32 heavy (non-hydrogen) atoms. The van der Waals surface area contributed by atoms with Crippen LogP contribution in [-0.4, -0.2) is 31.5 Å². The van der Waals surface area contributed by atoms with Crippen molar-refractivity contribution in [1.29, 1.82) is 0 Å². The van der Waals surface area contributed by atoms with Crippen molar-refractivity contribution in [3.8, 4) is 23.0 Å². The van der Waals surface area contributed by atoms with Gasteiger partial charge < -0.3 is 18.9 Å². The average molecular weight is 431 g/mol. The SMILES string of the molecule is CCOc1ccc([C@@H]2Oc3c(OC)cccc3[C@@H]3CC(c4ccc(OC)cc4)=NN32)cc1. The number of hydrogen-bond acceptors (Lipinski definition) is 6. The van der Waals surface area contributed by atoms with Crippen molar-refractivity contribution in [2.45, 2.75) is 25.6 Å². The van der Waals surface area contributed by atoms with Crippen molar-refractivity contribution in [2.75, 3.05) is 20.8 Å². The lowest BCUT2D eigenvalue weighted by Gasteiger charge is -2.38. The largest absolute Gasteiger partial charge is 0.497 e. The first-order valence-electron chi connectivity index (χ1n) is 10.8. The number of nitrogens with zero attached hydrogens (tertiary/aromatic N) is 2. The van der Waals surface area contributed by atoms with Crippen molar-refractivity contribution >= 4 is 5.71 Å². The molecule has 5 rings (SSSR count). The van der Waals surface area contributed by atoms with E-state index in [0.29, 0.717) is 6.61 Å².